The van der Waals surface area contributed by atoms with Crippen LogP contribution in [0, 0.1) is 0 Å². The Morgan fingerprint density at radius 2 is 1.76 bits per heavy atom. The Balaban J connectivity index is 1.81. The van der Waals surface area contributed by atoms with Crippen LogP contribution in [0.5, 0.6) is 11.5 Å². The molecule has 29 heavy (non-hydrogen) atoms. The van der Waals surface area contributed by atoms with Crippen molar-refractivity contribution in [3.63, 3.8) is 0 Å². The highest BCUT2D eigenvalue weighted by Gasteiger charge is 2.14. The maximum Gasteiger partial charge on any atom is 0.274 e. The number of hydrogen-bond acceptors (Lipinski definition) is 6. The van der Waals surface area contributed by atoms with Gasteiger partial charge < -0.3 is 9.47 Å². The summed E-state index contributed by atoms with van der Waals surface area (Å²) in [5.41, 5.74) is 3.23. The number of nitrogens with zero attached hydrogens (tertiary/aromatic N) is 3. The number of hydrogen-bond donors (Lipinski definition) is 2. The first-order valence-corrected chi connectivity index (χ1v) is 10.2. The summed E-state index contributed by atoms with van der Waals surface area (Å²) in [4.78, 5) is 4.50. The van der Waals surface area contributed by atoms with Gasteiger partial charge in [-0.2, -0.15) is 18.2 Å². The molecule has 0 bridgehead atoms. The number of rotatable bonds is 6. The summed E-state index contributed by atoms with van der Waals surface area (Å²) in [6.07, 6.45) is 3.51. The van der Waals surface area contributed by atoms with Crippen LogP contribution in [0.2, 0.25) is 0 Å². The zero-order valence-electron chi connectivity index (χ0n) is 15.8. The van der Waals surface area contributed by atoms with Crippen LogP contribution < -0.4 is 19.3 Å². The molecule has 0 fully saturated rings. The van der Waals surface area contributed by atoms with Crippen molar-refractivity contribution >= 4 is 32.0 Å². The zero-order valence-corrected chi connectivity index (χ0v) is 16.6. The minimum Gasteiger partial charge on any atom is -0.493 e. The van der Waals surface area contributed by atoms with Crippen LogP contribution in [0.15, 0.2) is 48.8 Å². The van der Waals surface area contributed by atoms with E-state index in [1.165, 1.54) is 0 Å². The fraction of sp³-hybridized carbons (Fsp3) is 0.158. The minimum absolute atomic E-state index is 0.114. The third kappa shape index (κ3) is 3.73. The maximum absolute atomic E-state index is 11.1. The van der Waals surface area contributed by atoms with Crippen molar-refractivity contribution < 1.29 is 17.9 Å². The highest BCUT2D eigenvalue weighted by Crippen LogP contribution is 2.35. The molecule has 150 valence electrons. The van der Waals surface area contributed by atoms with E-state index in [1.54, 1.807) is 26.6 Å². The molecule has 2 aromatic carbocycles. The maximum atomic E-state index is 11.1. The summed E-state index contributed by atoms with van der Waals surface area (Å²) < 4.78 is 37.0. The molecule has 4 rings (SSSR count). The van der Waals surface area contributed by atoms with Crippen molar-refractivity contribution in [3.05, 3.63) is 54.4 Å². The van der Waals surface area contributed by atoms with Gasteiger partial charge in [-0.1, -0.05) is 12.1 Å². The van der Waals surface area contributed by atoms with Crippen LogP contribution in [0.4, 0.5) is 0 Å². The van der Waals surface area contributed by atoms with Gasteiger partial charge in [0.05, 0.1) is 37.1 Å². The number of nitrogens with one attached hydrogen (secondary N) is 1. The van der Waals surface area contributed by atoms with Crippen LogP contribution in [0.3, 0.4) is 0 Å². The summed E-state index contributed by atoms with van der Waals surface area (Å²) in [6, 6.07) is 11.1. The molecule has 0 unspecified atom stereocenters. The molecule has 0 spiro atoms. The van der Waals surface area contributed by atoms with Crippen molar-refractivity contribution in [3.8, 4) is 17.2 Å². The average Bonchev–Trinajstić information content (AvgIpc) is 3.15. The topological polar surface area (TPSA) is 121 Å². The van der Waals surface area contributed by atoms with Gasteiger partial charge in [-0.3, -0.25) is 4.98 Å². The largest absolute Gasteiger partial charge is 0.493 e. The van der Waals surface area contributed by atoms with E-state index in [4.69, 9.17) is 14.6 Å². The van der Waals surface area contributed by atoms with E-state index >= 15 is 0 Å². The number of pyridine rings is 1. The Morgan fingerprint density at radius 3 is 2.41 bits per heavy atom. The second-order valence-corrected chi connectivity index (χ2v) is 7.75. The van der Waals surface area contributed by atoms with Gasteiger partial charge in [0.15, 0.2) is 11.5 Å². The first-order chi connectivity index (χ1) is 13.9. The quantitative estimate of drug-likeness (QED) is 0.498. The molecule has 0 aliphatic carbocycles. The lowest BCUT2D eigenvalue weighted by molar-refractivity contribution is 0.356. The molecule has 0 saturated heterocycles. The molecule has 0 radical (unpaired) electrons. The van der Waals surface area contributed by atoms with Gasteiger partial charge in [-0.05, 0) is 23.8 Å². The molecule has 0 atom stereocenters. The van der Waals surface area contributed by atoms with Gasteiger partial charge in [0.2, 0.25) is 0 Å². The normalized spacial score (nSPS) is 11.8. The highest BCUT2D eigenvalue weighted by atomic mass is 32.2. The number of methoxy groups -OCH3 is 2. The van der Waals surface area contributed by atoms with Crippen molar-refractivity contribution in [2.75, 3.05) is 14.2 Å². The summed E-state index contributed by atoms with van der Waals surface area (Å²) in [5.74, 6) is 1.20. The fourth-order valence-corrected chi connectivity index (χ4v) is 3.53. The molecule has 0 aliphatic rings. The summed E-state index contributed by atoms with van der Waals surface area (Å²) in [7, 11) is -0.570. The summed E-state index contributed by atoms with van der Waals surface area (Å²) in [6.45, 7) is 0.114. The Morgan fingerprint density at radius 1 is 1.07 bits per heavy atom. The van der Waals surface area contributed by atoms with E-state index in [2.05, 4.69) is 14.8 Å². The Hall–Kier alpha value is -3.21. The van der Waals surface area contributed by atoms with Gasteiger partial charge in [0.25, 0.3) is 10.2 Å². The van der Waals surface area contributed by atoms with E-state index in [1.807, 2.05) is 41.1 Å². The van der Waals surface area contributed by atoms with Crippen LogP contribution in [0.1, 0.15) is 5.56 Å². The van der Waals surface area contributed by atoms with E-state index in [0.717, 1.165) is 33.1 Å². The first kappa shape index (κ1) is 19.1. The van der Waals surface area contributed by atoms with Gasteiger partial charge >= 0.3 is 0 Å². The standard InChI is InChI=1S/C19H19N5O4S/c1-27-17-7-15-16(8-18(17)28-2)21-10-13-11-22-24(19(13)15)14-5-3-12(4-6-14)9-23-29(20,25)26/h3-8,10-11,23H,9H2,1-2H3,(H2,20,25,26). The molecule has 2 heterocycles. The first-order valence-electron chi connectivity index (χ1n) is 8.65. The van der Waals surface area contributed by atoms with Crippen molar-refractivity contribution in [2.24, 2.45) is 5.14 Å². The molecule has 0 saturated carbocycles. The van der Waals surface area contributed by atoms with Crippen LogP contribution in [0.25, 0.3) is 27.5 Å². The lowest BCUT2D eigenvalue weighted by Gasteiger charge is -2.11. The van der Waals surface area contributed by atoms with Crippen molar-refractivity contribution in [1.82, 2.24) is 19.5 Å². The third-order valence-corrected chi connectivity index (χ3v) is 5.10. The predicted molar refractivity (Wildman–Crippen MR) is 109 cm³/mol. The Kier molecular flexibility index (Phi) is 4.82. The van der Waals surface area contributed by atoms with E-state index in [-0.39, 0.29) is 6.54 Å². The smallest absolute Gasteiger partial charge is 0.274 e. The molecular formula is C19H19N5O4S. The lowest BCUT2D eigenvalue weighted by Crippen LogP contribution is -2.30. The fourth-order valence-electron chi connectivity index (χ4n) is 3.16. The van der Waals surface area contributed by atoms with Gasteiger partial charge in [-0.15, -0.1) is 0 Å². The lowest BCUT2D eigenvalue weighted by atomic mass is 10.1. The second kappa shape index (κ2) is 7.32. The SMILES string of the molecule is COc1cc2ncc3cnn(-c4ccc(CNS(N)(=O)=O)cc4)c3c2cc1OC. The Bertz CT molecular complexity index is 1300. The molecule has 10 heteroatoms. The monoisotopic (exact) mass is 413 g/mol. The summed E-state index contributed by atoms with van der Waals surface area (Å²) in [5, 5.41) is 11.2. The molecule has 0 aliphatic heterocycles. The Labute approximate surface area is 167 Å². The zero-order chi connectivity index (χ0) is 20.6. The number of nitrogens with two attached hydrogens (primary N) is 1. The number of benzene rings is 2. The molecular weight excluding hydrogens is 394 g/mol. The van der Waals surface area contributed by atoms with Crippen LogP contribution >= 0.6 is 0 Å². The molecule has 4 aromatic rings. The minimum atomic E-state index is -3.74. The van der Waals surface area contributed by atoms with E-state index in [9.17, 15) is 8.42 Å². The molecule has 3 N–H and O–H groups in total. The van der Waals surface area contributed by atoms with Crippen LogP contribution in [-0.4, -0.2) is 37.4 Å². The molecule has 0 amide bonds. The summed E-state index contributed by atoms with van der Waals surface area (Å²) >= 11 is 0. The highest BCUT2D eigenvalue weighted by molar-refractivity contribution is 7.87. The second-order valence-electron chi connectivity index (χ2n) is 6.38. The third-order valence-electron chi connectivity index (χ3n) is 4.56. The molecule has 2 aromatic heterocycles. The van der Waals surface area contributed by atoms with Gasteiger partial charge in [-0.25, -0.2) is 9.82 Å². The van der Waals surface area contributed by atoms with Crippen molar-refractivity contribution in [1.29, 1.82) is 0 Å². The molecule has 9 nitrogen and oxygen atoms in total. The van der Waals surface area contributed by atoms with Gasteiger partial charge in [0.1, 0.15) is 0 Å². The number of aromatic nitrogens is 3. The van der Waals surface area contributed by atoms with Crippen LogP contribution in [-0.2, 0) is 16.8 Å². The van der Waals surface area contributed by atoms with Crippen molar-refractivity contribution in [2.45, 2.75) is 6.54 Å². The average molecular weight is 413 g/mol. The number of ether oxygens (including phenoxy) is 2. The van der Waals surface area contributed by atoms with Gasteiger partial charge in [0, 0.05) is 29.6 Å². The van der Waals surface area contributed by atoms with E-state index in [0.29, 0.717) is 11.5 Å². The predicted octanol–water partition coefficient (Wildman–Crippen LogP) is 1.88. The number of fused-ring (bicyclic) bond motifs is 3. The van der Waals surface area contributed by atoms with E-state index < -0.39 is 10.2 Å².